The molecule has 0 unspecified atom stereocenters. The monoisotopic (exact) mass is 583 g/mol. The number of carbonyl (C=O) groups excluding carboxylic acids is 1. The minimum atomic E-state index is -1.16. The van der Waals surface area contributed by atoms with Crippen molar-refractivity contribution in [3.8, 4) is 17.3 Å². The van der Waals surface area contributed by atoms with Crippen LogP contribution in [0, 0.1) is 11.3 Å². The van der Waals surface area contributed by atoms with Crippen LogP contribution < -0.4 is 4.90 Å². The SMILES string of the molecule is C=CC(=O)N1CCN(c2ncnc3cc(-c4nc(CC(C)(C)N(CC#N)C(=O)O)cc5ccccc45)c(Cl)cc23)CC1. The molecule has 5 rings (SSSR count). The molecule has 1 N–H and O–H groups in total. The molecule has 214 valence electrons. The Labute approximate surface area is 248 Å². The van der Waals surface area contributed by atoms with Crippen molar-refractivity contribution in [1.82, 2.24) is 24.8 Å². The third kappa shape index (κ3) is 5.56. The van der Waals surface area contributed by atoms with Crippen molar-refractivity contribution < 1.29 is 14.7 Å². The van der Waals surface area contributed by atoms with E-state index in [1.807, 2.05) is 48.5 Å². The summed E-state index contributed by atoms with van der Waals surface area (Å²) in [5.74, 6) is 0.666. The van der Waals surface area contributed by atoms with Gasteiger partial charge in [-0.15, -0.1) is 0 Å². The number of benzene rings is 2. The molecule has 3 heterocycles. The van der Waals surface area contributed by atoms with Crippen LogP contribution >= 0.6 is 11.6 Å². The van der Waals surface area contributed by atoms with Crippen molar-refractivity contribution in [2.24, 2.45) is 0 Å². The van der Waals surface area contributed by atoms with Crippen LogP contribution in [0.3, 0.4) is 0 Å². The number of piperazine rings is 1. The number of rotatable bonds is 7. The first-order valence-corrected chi connectivity index (χ1v) is 13.9. The van der Waals surface area contributed by atoms with E-state index in [-0.39, 0.29) is 18.9 Å². The maximum absolute atomic E-state index is 12.0. The van der Waals surface area contributed by atoms with E-state index in [4.69, 9.17) is 16.6 Å². The first kappa shape index (κ1) is 28.8. The van der Waals surface area contributed by atoms with Gasteiger partial charge in [0.25, 0.3) is 0 Å². The molecule has 10 nitrogen and oxygen atoms in total. The van der Waals surface area contributed by atoms with E-state index < -0.39 is 11.6 Å². The lowest BCUT2D eigenvalue weighted by Crippen LogP contribution is -2.49. The van der Waals surface area contributed by atoms with Gasteiger partial charge in [-0.05, 0) is 43.5 Å². The van der Waals surface area contributed by atoms with Crippen molar-refractivity contribution in [1.29, 1.82) is 5.26 Å². The first-order chi connectivity index (χ1) is 20.1. The molecule has 0 atom stereocenters. The number of carboxylic acid groups (broad SMARTS) is 1. The summed E-state index contributed by atoms with van der Waals surface area (Å²) in [6.07, 6.45) is 1.98. The molecule has 42 heavy (non-hydrogen) atoms. The van der Waals surface area contributed by atoms with E-state index in [0.717, 1.165) is 26.9 Å². The Morgan fingerprint density at radius 1 is 1.14 bits per heavy atom. The Bertz CT molecular complexity index is 1740. The van der Waals surface area contributed by atoms with Crippen molar-refractivity contribution in [2.45, 2.75) is 25.8 Å². The largest absolute Gasteiger partial charge is 0.465 e. The predicted octanol–water partition coefficient (Wildman–Crippen LogP) is 5.16. The van der Waals surface area contributed by atoms with Crippen LogP contribution in [0.15, 0.2) is 61.4 Å². The normalized spacial score (nSPS) is 13.7. The van der Waals surface area contributed by atoms with Gasteiger partial charge < -0.3 is 14.9 Å². The minimum Gasteiger partial charge on any atom is -0.465 e. The lowest BCUT2D eigenvalue weighted by Gasteiger charge is -2.35. The van der Waals surface area contributed by atoms with Gasteiger partial charge in [0.05, 0.1) is 22.3 Å². The molecule has 0 aliphatic carbocycles. The molecule has 0 spiro atoms. The van der Waals surface area contributed by atoms with Gasteiger partial charge in [0.15, 0.2) is 0 Å². The van der Waals surface area contributed by atoms with Crippen LogP contribution in [0.1, 0.15) is 19.5 Å². The van der Waals surface area contributed by atoms with Crippen LogP contribution in [0.2, 0.25) is 5.02 Å². The Balaban J connectivity index is 1.56. The number of amides is 2. The van der Waals surface area contributed by atoms with Gasteiger partial charge >= 0.3 is 6.09 Å². The van der Waals surface area contributed by atoms with Gasteiger partial charge in [-0.25, -0.2) is 14.8 Å². The molecule has 2 aromatic heterocycles. The van der Waals surface area contributed by atoms with Crippen LogP contribution in [-0.2, 0) is 11.2 Å². The van der Waals surface area contributed by atoms with Gasteiger partial charge in [0.1, 0.15) is 18.7 Å². The fraction of sp³-hybridized carbons (Fsp3) is 0.290. The summed E-state index contributed by atoms with van der Waals surface area (Å²) in [7, 11) is 0. The number of nitrogens with zero attached hydrogens (tertiary/aromatic N) is 7. The number of pyridine rings is 1. The maximum atomic E-state index is 12.0. The molecular formula is C31H30ClN7O3. The topological polar surface area (TPSA) is 127 Å². The van der Waals surface area contributed by atoms with Crippen LogP contribution in [0.5, 0.6) is 0 Å². The van der Waals surface area contributed by atoms with E-state index in [0.29, 0.717) is 53.7 Å². The second-order valence-corrected chi connectivity index (χ2v) is 11.2. The summed E-state index contributed by atoms with van der Waals surface area (Å²) in [4.78, 5) is 43.0. The van der Waals surface area contributed by atoms with E-state index >= 15 is 0 Å². The van der Waals surface area contributed by atoms with E-state index in [1.54, 1.807) is 18.7 Å². The Kier molecular flexibility index (Phi) is 7.96. The van der Waals surface area contributed by atoms with Crippen molar-refractivity contribution in [2.75, 3.05) is 37.6 Å². The molecule has 1 saturated heterocycles. The van der Waals surface area contributed by atoms with Gasteiger partial charge in [-0.3, -0.25) is 14.7 Å². The Hall–Kier alpha value is -4.75. The highest BCUT2D eigenvalue weighted by atomic mass is 35.5. The highest BCUT2D eigenvalue weighted by molar-refractivity contribution is 6.34. The quantitative estimate of drug-likeness (QED) is 0.233. The zero-order valence-electron chi connectivity index (χ0n) is 23.4. The lowest BCUT2D eigenvalue weighted by atomic mass is 9.94. The molecule has 0 bridgehead atoms. The fourth-order valence-corrected chi connectivity index (χ4v) is 5.72. The van der Waals surface area contributed by atoms with Crippen molar-refractivity contribution >= 4 is 51.1 Å². The molecule has 0 radical (unpaired) electrons. The van der Waals surface area contributed by atoms with E-state index in [9.17, 15) is 20.0 Å². The summed E-state index contributed by atoms with van der Waals surface area (Å²) < 4.78 is 0. The third-order valence-electron chi connectivity index (χ3n) is 7.62. The zero-order valence-corrected chi connectivity index (χ0v) is 24.2. The molecule has 1 fully saturated rings. The lowest BCUT2D eigenvalue weighted by molar-refractivity contribution is -0.126. The highest BCUT2D eigenvalue weighted by Crippen LogP contribution is 2.37. The number of aromatic nitrogens is 3. The second kappa shape index (κ2) is 11.6. The maximum Gasteiger partial charge on any atom is 0.408 e. The predicted molar refractivity (Wildman–Crippen MR) is 162 cm³/mol. The number of nitriles is 1. The molecule has 1 aliphatic heterocycles. The zero-order chi connectivity index (χ0) is 30.0. The van der Waals surface area contributed by atoms with Gasteiger partial charge in [-0.2, -0.15) is 5.26 Å². The van der Waals surface area contributed by atoms with Crippen LogP contribution in [0.4, 0.5) is 10.6 Å². The van der Waals surface area contributed by atoms with E-state index in [2.05, 4.69) is 21.4 Å². The Morgan fingerprint density at radius 2 is 1.88 bits per heavy atom. The van der Waals surface area contributed by atoms with Gasteiger partial charge in [0, 0.05) is 60.2 Å². The van der Waals surface area contributed by atoms with Crippen LogP contribution in [-0.4, -0.2) is 80.1 Å². The molecular weight excluding hydrogens is 554 g/mol. The minimum absolute atomic E-state index is 0.0824. The first-order valence-electron chi connectivity index (χ1n) is 13.5. The number of anilines is 1. The average molecular weight is 584 g/mol. The summed E-state index contributed by atoms with van der Waals surface area (Å²) in [6.45, 7) is 9.26. The third-order valence-corrected chi connectivity index (χ3v) is 7.93. The fourth-order valence-electron chi connectivity index (χ4n) is 5.46. The summed E-state index contributed by atoms with van der Waals surface area (Å²) in [5.41, 5.74) is 1.84. The summed E-state index contributed by atoms with van der Waals surface area (Å²) in [6, 6.07) is 15.5. The van der Waals surface area contributed by atoms with Crippen molar-refractivity contribution in [3.05, 3.63) is 72.2 Å². The summed E-state index contributed by atoms with van der Waals surface area (Å²) >= 11 is 6.95. The van der Waals surface area contributed by atoms with Crippen molar-refractivity contribution in [3.63, 3.8) is 0 Å². The molecule has 2 aromatic carbocycles. The van der Waals surface area contributed by atoms with Crippen LogP contribution in [0.25, 0.3) is 32.9 Å². The highest BCUT2D eigenvalue weighted by Gasteiger charge is 2.32. The second-order valence-electron chi connectivity index (χ2n) is 10.8. The number of carbonyl (C=O) groups is 2. The molecule has 2 amide bonds. The molecule has 0 saturated carbocycles. The summed E-state index contributed by atoms with van der Waals surface area (Å²) in [5, 5.41) is 22.0. The average Bonchev–Trinajstić information content (AvgIpc) is 2.98. The molecule has 4 aromatic rings. The number of hydrogen-bond acceptors (Lipinski definition) is 7. The standard InChI is InChI=1S/C31H30ClN7O3/c1-4-27(40)37-11-13-38(14-12-37)29-24-16-25(32)23(17-26(24)34-19-35-29)28-22-8-6-5-7-20(22)15-21(36-28)18-31(2,3)39(10-9-33)30(41)42/h4-8,15-17,19H,1,10-14,18H2,2-3H3,(H,41,42). The molecule has 1 aliphatic rings. The number of hydrogen-bond donors (Lipinski definition) is 1. The van der Waals surface area contributed by atoms with Gasteiger partial charge in [-0.1, -0.05) is 42.4 Å². The number of fused-ring (bicyclic) bond motifs is 2. The molecule has 11 heteroatoms. The van der Waals surface area contributed by atoms with E-state index in [1.165, 1.54) is 12.4 Å². The Morgan fingerprint density at radius 3 is 2.57 bits per heavy atom. The van der Waals surface area contributed by atoms with Gasteiger partial charge in [0.2, 0.25) is 5.91 Å². The smallest absolute Gasteiger partial charge is 0.408 e. The number of halogens is 1.